The van der Waals surface area contributed by atoms with E-state index in [0.717, 1.165) is 6.61 Å². The van der Waals surface area contributed by atoms with Crippen LogP contribution in [-0.2, 0) is 37.9 Å². The van der Waals surface area contributed by atoms with E-state index < -0.39 is 6.29 Å². The Bertz CT molecular complexity index is 308. The molecule has 0 radical (unpaired) electrons. The van der Waals surface area contributed by atoms with Gasteiger partial charge in [0.15, 0.2) is 12.6 Å². The average molecular weight is 380 g/mol. The number of hydrogen-bond donors (Lipinski definition) is 0. The molecule has 1 fully saturated rings. The summed E-state index contributed by atoms with van der Waals surface area (Å²) in [5, 5.41) is 0. The molecule has 0 aromatic rings. The lowest BCUT2D eigenvalue weighted by Crippen LogP contribution is -2.34. The van der Waals surface area contributed by atoms with Crippen molar-refractivity contribution in [3.63, 3.8) is 0 Å². The zero-order valence-corrected chi connectivity index (χ0v) is 16.6. The first-order valence-corrected chi connectivity index (χ1v) is 9.58. The van der Waals surface area contributed by atoms with Crippen molar-refractivity contribution in [2.75, 3.05) is 66.1 Å². The molecule has 0 N–H and O–H groups in total. The van der Waals surface area contributed by atoms with Gasteiger partial charge in [-0.2, -0.15) is 0 Å². The maximum Gasteiger partial charge on any atom is 0.181 e. The van der Waals surface area contributed by atoms with Gasteiger partial charge in [0.05, 0.1) is 39.6 Å². The lowest BCUT2D eigenvalue weighted by molar-refractivity contribution is -0.200. The van der Waals surface area contributed by atoms with Gasteiger partial charge in [0, 0.05) is 26.4 Å². The Kier molecular flexibility index (Phi) is 14.3. The molecule has 1 heterocycles. The highest BCUT2D eigenvalue weighted by Crippen LogP contribution is 2.11. The van der Waals surface area contributed by atoms with Crippen LogP contribution in [0.4, 0.5) is 0 Å². The van der Waals surface area contributed by atoms with E-state index in [4.69, 9.17) is 37.9 Å². The van der Waals surface area contributed by atoms with Gasteiger partial charge in [-0.3, -0.25) is 0 Å². The van der Waals surface area contributed by atoms with Gasteiger partial charge >= 0.3 is 0 Å². The Morgan fingerprint density at radius 2 is 1.31 bits per heavy atom. The van der Waals surface area contributed by atoms with Gasteiger partial charge in [-0.25, -0.2) is 0 Å². The largest absolute Gasteiger partial charge is 0.376 e. The molecule has 0 saturated carbocycles. The summed E-state index contributed by atoms with van der Waals surface area (Å²) >= 11 is 0. The Morgan fingerprint density at radius 3 is 1.88 bits per heavy atom. The number of rotatable bonds is 19. The summed E-state index contributed by atoms with van der Waals surface area (Å²) in [5.41, 5.74) is 0. The normalized spacial score (nSPS) is 19.0. The van der Waals surface area contributed by atoms with Crippen LogP contribution in [0.15, 0.2) is 0 Å². The quantitative estimate of drug-likeness (QED) is 0.247. The molecule has 1 aliphatic rings. The van der Waals surface area contributed by atoms with Crippen molar-refractivity contribution in [2.24, 2.45) is 0 Å². The molecule has 0 aliphatic carbocycles. The molecule has 0 amide bonds. The fourth-order valence-corrected chi connectivity index (χ4v) is 2.14. The van der Waals surface area contributed by atoms with Gasteiger partial charge in [-0.1, -0.05) is 0 Å². The number of ether oxygens (including phenoxy) is 8. The Balaban J connectivity index is 2.30. The Hall–Kier alpha value is -0.320. The van der Waals surface area contributed by atoms with E-state index in [0.29, 0.717) is 59.5 Å². The van der Waals surface area contributed by atoms with E-state index in [1.54, 1.807) is 0 Å². The molecule has 1 aliphatic heterocycles. The van der Waals surface area contributed by atoms with Crippen LogP contribution in [0.25, 0.3) is 0 Å². The molecule has 1 rings (SSSR count). The molecular formula is C18H36O8. The van der Waals surface area contributed by atoms with Crippen molar-refractivity contribution in [3.05, 3.63) is 0 Å². The lowest BCUT2D eigenvalue weighted by atomic mass is 10.4. The van der Waals surface area contributed by atoms with Gasteiger partial charge in [0.2, 0.25) is 0 Å². The molecule has 8 heteroatoms. The fraction of sp³-hybridized carbons (Fsp3) is 1.00. The van der Waals surface area contributed by atoms with Crippen molar-refractivity contribution in [1.82, 2.24) is 0 Å². The summed E-state index contributed by atoms with van der Waals surface area (Å²) in [4.78, 5) is 0. The zero-order chi connectivity index (χ0) is 19.0. The van der Waals surface area contributed by atoms with Crippen LogP contribution >= 0.6 is 0 Å². The van der Waals surface area contributed by atoms with Crippen LogP contribution in [0.2, 0.25) is 0 Å². The van der Waals surface area contributed by atoms with Crippen molar-refractivity contribution < 1.29 is 37.9 Å². The van der Waals surface area contributed by atoms with E-state index in [9.17, 15) is 0 Å². The van der Waals surface area contributed by atoms with Crippen LogP contribution in [0.5, 0.6) is 0 Å². The third-order valence-electron chi connectivity index (χ3n) is 3.46. The van der Waals surface area contributed by atoms with Crippen LogP contribution in [0, 0.1) is 0 Å². The monoisotopic (exact) mass is 380 g/mol. The predicted molar refractivity (Wildman–Crippen MR) is 95.2 cm³/mol. The highest BCUT2D eigenvalue weighted by atomic mass is 16.7. The van der Waals surface area contributed by atoms with Crippen molar-refractivity contribution in [2.45, 2.75) is 52.5 Å². The third kappa shape index (κ3) is 12.1. The van der Waals surface area contributed by atoms with Gasteiger partial charge in [-0.05, 0) is 27.7 Å². The van der Waals surface area contributed by atoms with E-state index in [2.05, 4.69) is 0 Å². The van der Waals surface area contributed by atoms with E-state index in [-0.39, 0.29) is 18.5 Å². The second kappa shape index (κ2) is 15.7. The molecular weight excluding hydrogens is 344 g/mol. The smallest absolute Gasteiger partial charge is 0.181 e. The summed E-state index contributed by atoms with van der Waals surface area (Å²) in [7, 11) is 0. The van der Waals surface area contributed by atoms with Crippen molar-refractivity contribution >= 4 is 0 Å². The standard InChI is InChI=1S/C18H36O8/c1-5-19-13-18(26-12-16-10-24-16)25-11-15(21-6-2)9-20-14-17(22-7-3)23-8-4/h15-18H,5-14H2,1-4H3. The number of hydrogen-bond acceptors (Lipinski definition) is 8. The molecule has 26 heavy (non-hydrogen) atoms. The van der Waals surface area contributed by atoms with Crippen LogP contribution in [-0.4, -0.2) is 90.9 Å². The first-order valence-electron chi connectivity index (χ1n) is 9.58. The maximum absolute atomic E-state index is 5.82. The second-order valence-electron chi connectivity index (χ2n) is 5.67. The highest BCUT2D eigenvalue weighted by Gasteiger charge is 2.25. The van der Waals surface area contributed by atoms with Crippen LogP contribution < -0.4 is 0 Å². The van der Waals surface area contributed by atoms with Gasteiger partial charge in [0.1, 0.15) is 12.2 Å². The van der Waals surface area contributed by atoms with E-state index >= 15 is 0 Å². The van der Waals surface area contributed by atoms with E-state index in [1.807, 2.05) is 27.7 Å². The minimum Gasteiger partial charge on any atom is -0.376 e. The highest BCUT2D eigenvalue weighted by molar-refractivity contribution is 4.68. The summed E-state index contributed by atoms with van der Waals surface area (Å²) in [6.07, 6.45) is -0.820. The predicted octanol–water partition coefficient (Wildman–Crippen LogP) is 1.60. The molecule has 156 valence electrons. The molecule has 0 bridgehead atoms. The van der Waals surface area contributed by atoms with Crippen LogP contribution in [0.1, 0.15) is 27.7 Å². The molecule has 8 nitrogen and oxygen atoms in total. The van der Waals surface area contributed by atoms with Gasteiger partial charge < -0.3 is 37.9 Å². The summed E-state index contributed by atoms with van der Waals surface area (Å²) in [6.45, 7) is 12.8. The van der Waals surface area contributed by atoms with Gasteiger partial charge in [-0.15, -0.1) is 0 Å². The SMILES string of the molecule is CCOCC(OCC(COCC(OCC)OCC)OCC)OCC1CO1. The Labute approximate surface area is 157 Å². The summed E-state index contributed by atoms with van der Waals surface area (Å²) in [6, 6.07) is 0. The molecule has 3 unspecified atom stereocenters. The maximum atomic E-state index is 5.82. The first kappa shape index (κ1) is 23.7. The minimum absolute atomic E-state index is 0.183. The van der Waals surface area contributed by atoms with Crippen LogP contribution in [0.3, 0.4) is 0 Å². The molecule has 1 saturated heterocycles. The van der Waals surface area contributed by atoms with Crippen molar-refractivity contribution in [3.8, 4) is 0 Å². The summed E-state index contributed by atoms with van der Waals surface area (Å²) < 4.78 is 44.4. The second-order valence-corrected chi connectivity index (χ2v) is 5.67. The molecule has 0 aromatic carbocycles. The lowest BCUT2D eigenvalue weighted by Gasteiger charge is -2.23. The minimum atomic E-state index is -0.443. The molecule has 3 atom stereocenters. The van der Waals surface area contributed by atoms with Gasteiger partial charge in [0.25, 0.3) is 0 Å². The van der Waals surface area contributed by atoms with Crippen molar-refractivity contribution in [1.29, 1.82) is 0 Å². The topological polar surface area (TPSA) is 77.1 Å². The average Bonchev–Trinajstić information content (AvgIpc) is 3.45. The van der Waals surface area contributed by atoms with E-state index in [1.165, 1.54) is 0 Å². The number of epoxide rings is 1. The fourth-order valence-electron chi connectivity index (χ4n) is 2.14. The zero-order valence-electron chi connectivity index (χ0n) is 16.6. The third-order valence-corrected chi connectivity index (χ3v) is 3.46. The molecule has 0 aromatic heterocycles. The first-order chi connectivity index (χ1) is 12.7. The Morgan fingerprint density at radius 1 is 0.692 bits per heavy atom. The summed E-state index contributed by atoms with van der Waals surface area (Å²) in [5.74, 6) is 0. The molecule has 0 spiro atoms.